The fourth-order valence-electron chi connectivity index (χ4n) is 1.99. The summed E-state index contributed by atoms with van der Waals surface area (Å²) in [5, 5.41) is 4.81. The average Bonchev–Trinajstić information content (AvgIpc) is 2.91. The van der Waals surface area contributed by atoms with Crippen LogP contribution in [0, 0.1) is 5.82 Å². The Balaban J connectivity index is 2.36. The van der Waals surface area contributed by atoms with Gasteiger partial charge in [0.05, 0.1) is 5.69 Å². The van der Waals surface area contributed by atoms with Gasteiger partial charge in [0.2, 0.25) is 0 Å². The lowest BCUT2D eigenvalue weighted by Gasteiger charge is -2.21. The van der Waals surface area contributed by atoms with Crippen molar-refractivity contribution in [1.29, 1.82) is 0 Å². The smallest absolute Gasteiger partial charge is 0.273 e. The number of nitrogens with one attached hydrogen (secondary N) is 1. The van der Waals surface area contributed by atoms with Crippen molar-refractivity contribution in [2.75, 3.05) is 17.9 Å². The summed E-state index contributed by atoms with van der Waals surface area (Å²) < 4.78 is 39.9. The van der Waals surface area contributed by atoms with Crippen molar-refractivity contribution >= 4 is 27.0 Å². The van der Waals surface area contributed by atoms with E-state index in [9.17, 15) is 12.8 Å². The highest BCUT2D eigenvalue weighted by Crippen LogP contribution is 2.28. The molecule has 0 amide bonds. The van der Waals surface area contributed by atoms with Crippen LogP contribution in [-0.2, 0) is 16.6 Å². The minimum atomic E-state index is -3.61. The summed E-state index contributed by atoms with van der Waals surface area (Å²) in [6.07, 6.45) is 0. The molecule has 0 aliphatic rings. The average molecular weight is 328 g/mol. The van der Waals surface area contributed by atoms with Crippen LogP contribution < -0.4 is 9.62 Å². The number of sulfonamides is 1. The summed E-state index contributed by atoms with van der Waals surface area (Å²) in [5.74, 6) is -0.389. The zero-order valence-corrected chi connectivity index (χ0v) is 13.5. The molecule has 21 heavy (non-hydrogen) atoms. The molecule has 0 saturated heterocycles. The Labute approximate surface area is 128 Å². The summed E-state index contributed by atoms with van der Waals surface area (Å²) in [7, 11) is -1.80. The molecule has 0 fully saturated rings. The van der Waals surface area contributed by atoms with E-state index in [4.69, 9.17) is 0 Å². The van der Waals surface area contributed by atoms with Gasteiger partial charge in [-0.1, -0.05) is 0 Å². The Morgan fingerprint density at radius 1 is 1.29 bits per heavy atom. The summed E-state index contributed by atoms with van der Waals surface area (Å²) >= 11 is 1.19. The highest BCUT2D eigenvalue weighted by atomic mass is 32.2. The number of hydrogen-bond acceptors (Lipinski definition) is 4. The molecule has 0 saturated carbocycles. The van der Waals surface area contributed by atoms with Crippen molar-refractivity contribution < 1.29 is 12.8 Å². The van der Waals surface area contributed by atoms with Gasteiger partial charge in [0.1, 0.15) is 10.0 Å². The monoisotopic (exact) mass is 328 g/mol. The number of nitrogens with zero attached hydrogens (tertiary/aromatic N) is 1. The molecule has 0 spiro atoms. The first-order valence-corrected chi connectivity index (χ1v) is 8.81. The van der Waals surface area contributed by atoms with Crippen LogP contribution in [0.5, 0.6) is 0 Å². The fourth-order valence-corrected chi connectivity index (χ4v) is 4.79. The highest BCUT2D eigenvalue weighted by Gasteiger charge is 2.25. The summed E-state index contributed by atoms with van der Waals surface area (Å²) in [6, 6.07) is 7.13. The first-order valence-electron chi connectivity index (χ1n) is 6.49. The van der Waals surface area contributed by atoms with Gasteiger partial charge in [-0.25, -0.2) is 12.8 Å². The van der Waals surface area contributed by atoms with Crippen LogP contribution in [0.15, 0.2) is 39.9 Å². The second-order valence-electron chi connectivity index (χ2n) is 4.45. The Bertz CT molecular complexity index is 696. The summed E-state index contributed by atoms with van der Waals surface area (Å²) in [6.45, 7) is 2.66. The predicted molar refractivity (Wildman–Crippen MR) is 83.7 cm³/mol. The second-order valence-corrected chi connectivity index (χ2v) is 7.45. The third-order valence-electron chi connectivity index (χ3n) is 2.96. The minimum absolute atomic E-state index is 0.285. The molecule has 7 heteroatoms. The van der Waals surface area contributed by atoms with Crippen molar-refractivity contribution in [3.63, 3.8) is 0 Å². The third-order valence-corrected chi connectivity index (χ3v) is 6.32. The number of halogens is 1. The van der Waals surface area contributed by atoms with E-state index in [2.05, 4.69) is 5.32 Å². The van der Waals surface area contributed by atoms with Crippen molar-refractivity contribution in [1.82, 2.24) is 5.32 Å². The van der Waals surface area contributed by atoms with E-state index in [1.807, 2.05) is 12.4 Å². The molecule has 114 valence electrons. The van der Waals surface area contributed by atoms with E-state index in [0.29, 0.717) is 16.4 Å². The van der Waals surface area contributed by atoms with Gasteiger partial charge in [0, 0.05) is 13.1 Å². The molecule has 0 radical (unpaired) electrons. The third kappa shape index (κ3) is 3.42. The molecule has 0 aliphatic heterocycles. The number of hydrogen-bond donors (Lipinski definition) is 1. The van der Waals surface area contributed by atoms with E-state index in [-0.39, 0.29) is 12.4 Å². The molecule has 4 nitrogen and oxygen atoms in total. The molecule has 1 aromatic carbocycles. The zero-order valence-electron chi connectivity index (χ0n) is 11.8. The first kappa shape index (κ1) is 15.9. The molecule has 0 aliphatic carbocycles. The number of rotatable bonds is 6. The van der Waals surface area contributed by atoms with Crippen molar-refractivity contribution in [2.45, 2.75) is 17.7 Å². The van der Waals surface area contributed by atoms with Crippen LogP contribution >= 0.6 is 11.3 Å². The molecule has 0 unspecified atom stereocenters. The Morgan fingerprint density at radius 2 is 1.95 bits per heavy atom. The number of anilines is 1. The SMILES string of the molecule is CCN(c1ccc(F)cc1)S(=O)(=O)c1cc(CNC)cs1. The first-order chi connectivity index (χ1) is 9.98. The van der Waals surface area contributed by atoms with Crippen molar-refractivity contribution in [3.8, 4) is 0 Å². The topological polar surface area (TPSA) is 49.4 Å². The van der Waals surface area contributed by atoms with E-state index >= 15 is 0 Å². The van der Waals surface area contributed by atoms with Gasteiger partial charge in [0.15, 0.2) is 0 Å². The van der Waals surface area contributed by atoms with Gasteiger partial charge in [0.25, 0.3) is 10.0 Å². The summed E-state index contributed by atoms with van der Waals surface area (Å²) in [5.41, 5.74) is 1.39. The Morgan fingerprint density at radius 3 is 2.52 bits per heavy atom. The van der Waals surface area contributed by atoms with Crippen LogP contribution in [0.25, 0.3) is 0 Å². The van der Waals surface area contributed by atoms with Gasteiger partial charge < -0.3 is 5.32 Å². The lowest BCUT2D eigenvalue weighted by atomic mass is 10.3. The molecule has 1 aromatic heterocycles. The van der Waals surface area contributed by atoms with Crippen molar-refractivity contribution in [2.24, 2.45) is 0 Å². The number of thiophene rings is 1. The molecular formula is C14H17FN2O2S2. The molecule has 1 heterocycles. The minimum Gasteiger partial charge on any atom is -0.316 e. The molecule has 0 bridgehead atoms. The Hall–Kier alpha value is -1.44. The second kappa shape index (κ2) is 6.55. The van der Waals surface area contributed by atoms with E-state index in [1.165, 1.54) is 39.9 Å². The standard InChI is InChI=1S/C14H17FN2O2S2/c1-3-17(13-6-4-12(15)5-7-13)21(18,19)14-8-11(9-16-2)10-20-14/h4-8,10,16H,3,9H2,1-2H3. The molecule has 1 N–H and O–H groups in total. The van der Waals surface area contributed by atoms with Gasteiger partial charge in [-0.2, -0.15) is 0 Å². The normalized spacial score (nSPS) is 11.6. The summed E-state index contributed by atoms with van der Waals surface area (Å²) in [4.78, 5) is 0. The quantitative estimate of drug-likeness (QED) is 0.887. The van der Waals surface area contributed by atoms with E-state index < -0.39 is 10.0 Å². The maximum Gasteiger partial charge on any atom is 0.273 e. The molecule has 2 aromatic rings. The molecular weight excluding hydrogens is 311 g/mol. The van der Waals surface area contributed by atoms with Crippen LogP contribution in [0.4, 0.5) is 10.1 Å². The zero-order chi connectivity index (χ0) is 15.5. The van der Waals surface area contributed by atoms with Crippen LogP contribution in [0.1, 0.15) is 12.5 Å². The van der Waals surface area contributed by atoms with Gasteiger partial charge >= 0.3 is 0 Å². The van der Waals surface area contributed by atoms with Gasteiger partial charge in [-0.3, -0.25) is 4.31 Å². The van der Waals surface area contributed by atoms with Crippen molar-refractivity contribution in [3.05, 3.63) is 47.1 Å². The predicted octanol–water partition coefficient (Wildman–Crippen LogP) is 2.82. The van der Waals surface area contributed by atoms with E-state index in [1.54, 1.807) is 13.0 Å². The maximum atomic E-state index is 13.0. The number of benzene rings is 1. The van der Waals surface area contributed by atoms with Crippen LogP contribution in [0.3, 0.4) is 0 Å². The van der Waals surface area contributed by atoms with Crippen LogP contribution in [-0.4, -0.2) is 22.0 Å². The maximum absolute atomic E-state index is 13.0. The lowest BCUT2D eigenvalue weighted by Crippen LogP contribution is -2.30. The highest BCUT2D eigenvalue weighted by molar-refractivity contribution is 7.94. The lowest BCUT2D eigenvalue weighted by molar-refractivity contribution is 0.593. The Kier molecular flexibility index (Phi) is 4.97. The molecule has 2 rings (SSSR count). The fraction of sp³-hybridized carbons (Fsp3) is 0.286. The molecule has 0 atom stereocenters. The largest absolute Gasteiger partial charge is 0.316 e. The van der Waals surface area contributed by atoms with Gasteiger partial charge in [-0.15, -0.1) is 11.3 Å². The van der Waals surface area contributed by atoms with Gasteiger partial charge in [-0.05, 0) is 55.2 Å². The van der Waals surface area contributed by atoms with E-state index in [0.717, 1.165) is 5.56 Å². The van der Waals surface area contributed by atoms with Crippen LogP contribution in [0.2, 0.25) is 0 Å².